The Labute approximate surface area is 100 Å². The van der Waals surface area contributed by atoms with Crippen molar-refractivity contribution in [2.24, 2.45) is 0 Å². The summed E-state index contributed by atoms with van der Waals surface area (Å²) in [6.45, 7) is 5.45. The summed E-state index contributed by atoms with van der Waals surface area (Å²) >= 11 is 5.87. The quantitative estimate of drug-likeness (QED) is 0.819. The Kier molecular flexibility index (Phi) is 3.80. The van der Waals surface area contributed by atoms with Gasteiger partial charge in [-0.25, -0.2) is 4.98 Å². The molecule has 0 aliphatic carbocycles. The van der Waals surface area contributed by atoms with Crippen LogP contribution in [0, 0.1) is 0 Å². The molecule has 0 bridgehead atoms. The zero-order chi connectivity index (χ0) is 11.4. The van der Waals surface area contributed by atoms with E-state index in [1.807, 2.05) is 6.07 Å². The molecule has 3 nitrogen and oxygen atoms in total. The molecule has 0 amide bonds. The van der Waals surface area contributed by atoms with Crippen LogP contribution < -0.4 is 10.1 Å². The summed E-state index contributed by atoms with van der Waals surface area (Å²) in [5, 5.41) is 3.83. The van der Waals surface area contributed by atoms with Gasteiger partial charge in [-0.1, -0.05) is 24.3 Å². The summed E-state index contributed by atoms with van der Waals surface area (Å²) in [6, 6.07) is 2.32. The van der Waals surface area contributed by atoms with Crippen molar-refractivity contribution < 1.29 is 4.74 Å². The van der Waals surface area contributed by atoms with Gasteiger partial charge in [0.2, 0.25) is 0 Å². The highest BCUT2D eigenvalue weighted by molar-refractivity contribution is 6.30. The highest BCUT2D eigenvalue weighted by atomic mass is 35.5. The normalized spacial score (nSPS) is 19.7. The highest BCUT2D eigenvalue weighted by Gasteiger charge is 2.14. The van der Waals surface area contributed by atoms with E-state index in [0.717, 1.165) is 17.9 Å². The summed E-state index contributed by atoms with van der Waals surface area (Å²) < 4.78 is 5.66. The smallest absolute Gasteiger partial charge is 0.138 e. The van der Waals surface area contributed by atoms with Crippen molar-refractivity contribution in [3.63, 3.8) is 0 Å². The largest absolute Gasteiger partial charge is 0.490 e. The number of ether oxygens (including phenoxy) is 1. The first-order valence-corrected chi connectivity index (χ1v) is 5.81. The molecule has 1 aliphatic heterocycles. The van der Waals surface area contributed by atoms with E-state index in [2.05, 4.69) is 16.9 Å². The van der Waals surface area contributed by atoms with Crippen LogP contribution in [0.15, 0.2) is 18.8 Å². The fraction of sp³-hybridized carbons (Fsp3) is 0.417. The standard InChI is InChI=1S/C12H15ClN2O/c1-2-9-6-11(7-15-12(9)13)16-8-10-4-3-5-14-10/h2,6-7,10,14H,1,3-5,8H2/t10-/m0/s1. The van der Waals surface area contributed by atoms with Crippen molar-refractivity contribution in [1.82, 2.24) is 10.3 Å². The zero-order valence-electron chi connectivity index (χ0n) is 9.08. The molecule has 1 aromatic rings. The highest BCUT2D eigenvalue weighted by Crippen LogP contribution is 2.20. The lowest BCUT2D eigenvalue weighted by atomic mass is 10.2. The van der Waals surface area contributed by atoms with Gasteiger partial charge in [0.25, 0.3) is 0 Å². The number of pyridine rings is 1. The molecule has 1 aromatic heterocycles. The molecule has 0 unspecified atom stereocenters. The first-order valence-electron chi connectivity index (χ1n) is 5.44. The van der Waals surface area contributed by atoms with Gasteiger partial charge in [-0.2, -0.15) is 0 Å². The summed E-state index contributed by atoms with van der Waals surface area (Å²) in [5.41, 5.74) is 0.804. The molecule has 0 spiro atoms. The van der Waals surface area contributed by atoms with Crippen LogP contribution in [0.25, 0.3) is 6.08 Å². The van der Waals surface area contributed by atoms with Gasteiger partial charge in [-0.05, 0) is 25.5 Å². The average molecular weight is 239 g/mol. The van der Waals surface area contributed by atoms with Crippen LogP contribution in [0.3, 0.4) is 0 Å². The number of nitrogens with one attached hydrogen (secondary N) is 1. The first kappa shape index (κ1) is 11.4. The van der Waals surface area contributed by atoms with E-state index in [0.29, 0.717) is 17.8 Å². The van der Waals surface area contributed by atoms with Gasteiger partial charge in [0.1, 0.15) is 17.5 Å². The SMILES string of the molecule is C=Cc1cc(OC[C@@H]2CCCN2)cnc1Cl. The Hall–Kier alpha value is -1.06. The molecule has 2 heterocycles. The average Bonchev–Trinajstić information content (AvgIpc) is 2.81. The van der Waals surface area contributed by atoms with E-state index in [1.165, 1.54) is 12.8 Å². The van der Waals surface area contributed by atoms with Crippen LogP contribution >= 0.6 is 11.6 Å². The minimum atomic E-state index is 0.460. The van der Waals surface area contributed by atoms with Crippen molar-refractivity contribution in [2.45, 2.75) is 18.9 Å². The van der Waals surface area contributed by atoms with Crippen molar-refractivity contribution in [3.8, 4) is 5.75 Å². The Balaban J connectivity index is 1.95. The van der Waals surface area contributed by atoms with E-state index in [4.69, 9.17) is 16.3 Å². The molecular weight excluding hydrogens is 224 g/mol. The predicted molar refractivity (Wildman–Crippen MR) is 65.9 cm³/mol. The van der Waals surface area contributed by atoms with Crippen molar-refractivity contribution in [3.05, 3.63) is 29.6 Å². The maximum absolute atomic E-state index is 5.87. The van der Waals surface area contributed by atoms with Crippen molar-refractivity contribution in [2.75, 3.05) is 13.2 Å². The van der Waals surface area contributed by atoms with Gasteiger partial charge >= 0.3 is 0 Å². The van der Waals surface area contributed by atoms with E-state index in [1.54, 1.807) is 12.3 Å². The topological polar surface area (TPSA) is 34.1 Å². The molecule has 0 aromatic carbocycles. The second kappa shape index (κ2) is 5.32. The van der Waals surface area contributed by atoms with Crippen LogP contribution in [0.5, 0.6) is 5.75 Å². The molecule has 2 rings (SSSR count). The first-order chi connectivity index (χ1) is 7.79. The van der Waals surface area contributed by atoms with E-state index in [-0.39, 0.29) is 0 Å². The fourth-order valence-electron chi connectivity index (χ4n) is 1.76. The molecule has 86 valence electrons. The Morgan fingerprint density at radius 2 is 2.56 bits per heavy atom. The number of hydrogen-bond donors (Lipinski definition) is 1. The maximum Gasteiger partial charge on any atom is 0.138 e. The molecule has 1 atom stereocenters. The van der Waals surface area contributed by atoms with Gasteiger partial charge in [0, 0.05) is 11.6 Å². The van der Waals surface area contributed by atoms with E-state index in [9.17, 15) is 0 Å². The lowest BCUT2D eigenvalue weighted by Crippen LogP contribution is -2.28. The molecule has 1 aliphatic rings. The van der Waals surface area contributed by atoms with Gasteiger partial charge in [0.15, 0.2) is 0 Å². The third-order valence-corrected chi connectivity index (χ3v) is 2.99. The lowest BCUT2D eigenvalue weighted by Gasteiger charge is -2.12. The molecule has 0 radical (unpaired) electrons. The Morgan fingerprint density at radius 3 is 3.25 bits per heavy atom. The number of halogens is 1. The van der Waals surface area contributed by atoms with Crippen LogP contribution in [-0.2, 0) is 0 Å². The molecule has 4 heteroatoms. The summed E-state index contributed by atoms with van der Waals surface area (Å²) in [5.74, 6) is 0.744. The molecule has 1 N–H and O–H groups in total. The van der Waals surface area contributed by atoms with Crippen LogP contribution in [-0.4, -0.2) is 24.2 Å². The van der Waals surface area contributed by atoms with Gasteiger partial charge < -0.3 is 10.1 Å². The Morgan fingerprint density at radius 1 is 1.69 bits per heavy atom. The summed E-state index contributed by atoms with van der Waals surface area (Å²) in [7, 11) is 0. The van der Waals surface area contributed by atoms with Crippen LogP contribution in [0.4, 0.5) is 0 Å². The van der Waals surface area contributed by atoms with Gasteiger partial charge in [-0.3, -0.25) is 0 Å². The number of aromatic nitrogens is 1. The number of rotatable bonds is 4. The van der Waals surface area contributed by atoms with Gasteiger partial charge in [-0.15, -0.1) is 0 Å². The van der Waals surface area contributed by atoms with E-state index >= 15 is 0 Å². The number of nitrogens with zero attached hydrogens (tertiary/aromatic N) is 1. The Bertz CT molecular complexity index is 375. The zero-order valence-corrected chi connectivity index (χ0v) is 9.83. The second-order valence-electron chi connectivity index (χ2n) is 3.86. The summed E-state index contributed by atoms with van der Waals surface area (Å²) in [6.07, 6.45) is 5.72. The second-order valence-corrected chi connectivity index (χ2v) is 4.22. The van der Waals surface area contributed by atoms with Crippen molar-refractivity contribution in [1.29, 1.82) is 0 Å². The maximum atomic E-state index is 5.87. The van der Waals surface area contributed by atoms with Gasteiger partial charge in [0.05, 0.1) is 6.20 Å². The molecule has 0 saturated carbocycles. The molecule has 1 fully saturated rings. The monoisotopic (exact) mass is 238 g/mol. The minimum Gasteiger partial charge on any atom is -0.490 e. The minimum absolute atomic E-state index is 0.460. The molecular formula is C12H15ClN2O. The van der Waals surface area contributed by atoms with Crippen LogP contribution in [0.2, 0.25) is 5.15 Å². The number of hydrogen-bond acceptors (Lipinski definition) is 3. The van der Waals surface area contributed by atoms with Crippen LogP contribution in [0.1, 0.15) is 18.4 Å². The lowest BCUT2D eigenvalue weighted by molar-refractivity contribution is 0.276. The third kappa shape index (κ3) is 2.74. The fourth-order valence-corrected chi connectivity index (χ4v) is 1.94. The molecule has 1 saturated heterocycles. The predicted octanol–water partition coefficient (Wildman–Crippen LogP) is 2.51. The molecule has 16 heavy (non-hydrogen) atoms. The summed E-state index contributed by atoms with van der Waals surface area (Å²) in [4.78, 5) is 4.04. The van der Waals surface area contributed by atoms with E-state index < -0.39 is 0 Å². The van der Waals surface area contributed by atoms with Crippen molar-refractivity contribution >= 4 is 17.7 Å². The third-order valence-electron chi connectivity index (χ3n) is 2.67.